The molecule has 1 aromatic heterocycles. The number of carbonyl (C=O) groups is 1. The Bertz CT molecular complexity index is 808. The van der Waals surface area contributed by atoms with Gasteiger partial charge in [0.05, 0.1) is 34.6 Å². The molecule has 0 radical (unpaired) electrons. The first-order chi connectivity index (χ1) is 12.5. The maximum absolute atomic E-state index is 11.7. The smallest absolute Gasteiger partial charge is 0.337 e. The van der Waals surface area contributed by atoms with E-state index in [2.05, 4.69) is 15.6 Å². The molecule has 2 aromatic rings. The first-order valence-corrected chi connectivity index (χ1v) is 9.21. The van der Waals surface area contributed by atoms with Crippen LogP contribution in [-0.2, 0) is 10.3 Å². The molecule has 0 unspecified atom stereocenters. The molecule has 1 aromatic carbocycles. The van der Waals surface area contributed by atoms with Gasteiger partial charge in [-0.05, 0) is 55.4 Å². The molecule has 0 spiro atoms. The lowest BCUT2D eigenvalue weighted by atomic mass is 9.93. The zero-order chi connectivity index (χ0) is 18.6. The number of anilines is 1. The predicted molar refractivity (Wildman–Crippen MR) is 107 cm³/mol. The Balaban J connectivity index is 1.79. The van der Waals surface area contributed by atoms with Gasteiger partial charge in [-0.3, -0.25) is 4.98 Å². The average Bonchev–Trinajstić information content (AvgIpc) is 3.13. The number of hydrogen-bond donors (Lipinski definition) is 2. The summed E-state index contributed by atoms with van der Waals surface area (Å²) in [6.07, 6.45) is 5.95. The second kappa shape index (κ2) is 8.01. The molecule has 0 amide bonds. The van der Waals surface area contributed by atoms with E-state index in [4.69, 9.17) is 28.6 Å². The standard InChI is InChI=1S/C19H20ClN3O2S/c1-25-17(24)13-7-8-14(20)15(12-13)22-18(26)23-19(9-3-4-10-19)16-6-2-5-11-21-16/h2,5-8,11-12H,3-4,9-10H2,1H3,(H2,22,23,26). The number of ether oxygens (including phenoxy) is 1. The van der Waals surface area contributed by atoms with Crippen LogP contribution < -0.4 is 10.6 Å². The van der Waals surface area contributed by atoms with E-state index >= 15 is 0 Å². The van der Waals surface area contributed by atoms with Crippen molar-refractivity contribution >= 4 is 40.6 Å². The summed E-state index contributed by atoms with van der Waals surface area (Å²) in [5.41, 5.74) is 1.66. The Hall–Kier alpha value is -2.18. The van der Waals surface area contributed by atoms with Crippen molar-refractivity contribution in [1.82, 2.24) is 10.3 Å². The summed E-state index contributed by atoms with van der Waals surface area (Å²) >= 11 is 11.8. The summed E-state index contributed by atoms with van der Waals surface area (Å²) in [5, 5.41) is 7.45. The van der Waals surface area contributed by atoms with E-state index in [0.29, 0.717) is 21.4 Å². The molecule has 26 heavy (non-hydrogen) atoms. The Morgan fingerprint density at radius 3 is 2.69 bits per heavy atom. The molecule has 5 nitrogen and oxygen atoms in total. The Morgan fingerprint density at radius 2 is 2.04 bits per heavy atom. The van der Waals surface area contributed by atoms with Crippen molar-refractivity contribution in [2.45, 2.75) is 31.2 Å². The van der Waals surface area contributed by atoms with E-state index in [0.717, 1.165) is 31.4 Å². The summed E-state index contributed by atoms with van der Waals surface area (Å²) in [6.45, 7) is 0. The lowest BCUT2D eigenvalue weighted by Crippen LogP contribution is -2.46. The molecule has 1 aliphatic rings. The van der Waals surface area contributed by atoms with Gasteiger partial charge in [0.2, 0.25) is 0 Å². The summed E-state index contributed by atoms with van der Waals surface area (Å²) in [5.74, 6) is -0.427. The highest BCUT2D eigenvalue weighted by Crippen LogP contribution is 2.37. The molecule has 2 N–H and O–H groups in total. The third-order valence-electron chi connectivity index (χ3n) is 4.60. The van der Waals surface area contributed by atoms with Crippen LogP contribution in [0.25, 0.3) is 0 Å². The minimum absolute atomic E-state index is 0.280. The molecule has 0 bridgehead atoms. The topological polar surface area (TPSA) is 63.2 Å². The normalized spacial score (nSPS) is 15.3. The molecule has 0 aliphatic heterocycles. The number of hydrogen-bond acceptors (Lipinski definition) is 4. The fraction of sp³-hybridized carbons (Fsp3) is 0.316. The molecule has 1 fully saturated rings. The number of esters is 1. The average molecular weight is 390 g/mol. The molecule has 0 atom stereocenters. The molecule has 1 heterocycles. The van der Waals surface area contributed by atoms with E-state index in [1.54, 1.807) is 24.4 Å². The van der Waals surface area contributed by atoms with Gasteiger partial charge in [-0.2, -0.15) is 0 Å². The quantitative estimate of drug-likeness (QED) is 0.601. The van der Waals surface area contributed by atoms with Crippen LogP contribution in [0.2, 0.25) is 5.02 Å². The number of halogens is 1. The number of nitrogens with zero attached hydrogens (tertiary/aromatic N) is 1. The van der Waals surface area contributed by atoms with Crippen LogP contribution in [0.1, 0.15) is 41.7 Å². The van der Waals surface area contributed by atoms with Crippen LogP contribution in [0.4, 0.5) is 5.69 Å². The van der Waals surface area contributed by atoms with Crippen LogP contribution in [0.15, 0.2) is 42.6 Å². The maximum atomic E-state index is 11.7. The van der Waals surface area contributed by atoms with Crippen molar-refractivity contribution in [1.29, 1.82) is 0 Å². The SMILES string of the molecule is COC(=O)c1ccc(Cl)c(NC(=S)NC2(c3ccccn3)CCCC2)c1. The van der Waals surface area contributed by atoms with E-state index in [1.165, 1.54) is 7.11 Å². The summed E-state index contributed by atoms with van der Waals surface area (Å²) < 4.78 is 4.75. The number of aromatic nitrogens is 1. The highest BCUT2D eigenvalue weighted by molar-refractivity contribution is 7.80. The van der Waals surface area contributed by atoms with Gasteiger partial charge in [0, 0.05) is 6.20 Å². The number of carbonyl (C=O) groups excluding carboxylic acids is 1. The van der Waals surface area contributed by atoms with Gasteiger partial charge in [-0.1, -0.05) is 30.5 Å². The van der Waals surface area contributed by atoms with E-state index in [1.807, 2.05) is 18.2 Å². The number of thiocarbonyl (C=S) groups is 1. The van der Waals surface area contributed by atoms with Gasteiger partial charge < -0.3 is 15.4 Å². The van der Waals surface area contributed by atoms with Crippen molar-refractivity contribution in [3.05, 3.63) is 58.9 Å². The van der Waals surface area contributed by atoms with Crippen molar-refractivity contribution in [2.75, 3.05) is 12.4 Å². The van der Waals surface area contributed by atoms with Crippen molar-refractivity contribution in [3.8, 4) is 0 Å². The van der Waals surface area contributed by atoms with Crippen LogP contribution in [-0.4, -0.2) is 23.2 Å². The first kappa shape index (κ1) is 18.6. The van der Waals surface area contributed by atoms with Crippen LogP contribution >= 0.6 is 23.8 Å². The van der Waals surface area contributed by atoms with E-state index in [9.17, 15) is 4.79 Å². The Labute approximate surface area is 163 Å². The third-order valence-corrected chi connectivity index (χ3v) is 5.13. The van der Waals surface area contributed by atoms with Crippen LogP contribution in [0.5, 0.6) is 0 Å². The molecule has 1 saturated carbocycles. The molecule has 0 saturated heterocycles. The minimum atomic E-state index is -0.427. The van der Waals surface area contributed by atoms with Gasteiger partial charge in [-0.15, -0.1) is 0 Å². The lowest BCUT2D eigenvalue weighted by Gasteiger charge is -2.31. The van der Waals surface area contributed by atoms with Crippen molar-refractivity contribution in [3.63, 3.8) is 0 Å². The highest BCUT2D eigenvalue weighted by Gasteiger charge is 2.37. The second-order valence-electron chi connectivity index (χ2n) is 6.27. The summed E-state index contributed by atoms with van der Waals surface area (Å²) in [6, 6.07) is 10.8. The Morgan fingerprint density at radius 1 is 1.27 bits per heavy atom. The molecule has 136 valence electrons. The molecule has 3 rings (SSSR count). The van der Waals surface area contributed by atoms with E-state index < -0.39 is 5.97 Å². The molecule has 1 aliphatic carbocycles. The zero-order valence-corrected chi connectivity index (χ0v) is 16.0. The van der Waals surface area contributed by atoms with Crippen LogP contribution in [0.3, 0.4) is 0 Å². The number of benzene rings is 1. The minimum Gasteiger partial charge on any atom is -0.465 e. The zero-order valence-electron chi connectivity index (χ0n) is 14.4. The number of nitrogens with one attached hydrogen (secondary N) is 2. The third kappa shape index (κ3) is 3.97. The molecular weight excluding hydrogens is 370 g/mol. The maximum Gasteiger partial charge on any atom is 0.337 e. The summed E-state index contributed by atoms with van der Waals surface area (Å²) in [4.78, 5) is 16.2. The second-order valence-corrected chi connectivity index (χ2v) is 7.08. The fourth-order valence-electron chi connectivity index (χ4n) is 3.31. The number of pyridine rings is 1. The highest BCUT2D eigenvalue weighted by atomic mass is 35.5. The largest absolute Gasteiger partial charge is 0.465 e. The van der Waals surface area contributed by atoms with Crippen LogP contribution in [0, 0.1) is 0 Å². The molecular formula is C19H20ClN3O2S. The van der Waals surface area contributed by atoms with Crippen molar-refractivity contribution in [2.24, 2.45) is 0 Å². The fourth-order valence-corrected chi connectivity index (χ4v) is 3.78. The Kier molecular flexibility index (Phi) is 5.74. The van der Waals surface area contributed by atoms with Gasteiger partial charge in [0.25, 0.3) is 0 Å². The summed E-state index contributed by atoms with van der Waals surface area (Å²) in [7, 11) is 1.34. The van der Waals surface area contributed by atoms with Gasteiger partial charge in [-0.25, -0.2) is 4.79 Å². The first-order valence-electron chi connectivity index (χ1n) is 8.43. The molecule has 7 heteroatoms. The van der Waals surface area contributed by atoms with Gasteiger partial charge in [0.1, 0.15) is 0 Å². The van der Waals surface area contributed by atoms with E-state index in [-0.39, 0.29) is 5.54 Å². The number of rotatable bonds is 4. The van der Waals surface area contributed by atoms with Gasteiger partial charge >= 0.3 is 5.97 Å². The number of methoxy groups -OCH3 is 1. The van der Waals surface area contributed by atoms with Crippen molar-refractivity contribution < 1.29 is 9.53 Å². The lowest BCUT2D eigenvalue weighted by molar-refractivity contribution is 0.0601. The monoisotopic (exact) mass is 389 g/mol. The van der Waals surface area contributed by atoms with Gasteiger partial charge in [0.15, 0.2) is 5.11 Å². The predicted octanol–water partition coefficient (Wildman–Crippen LogP) is 4.28.